The summed E-state index contributed by atoms with van der Waals surface area (Å²) in [6.45, 7) is -0.503. The second kappa shape index (κ2) is 15.2. The first-order chi connectivity index (χ1) is 23.5. The molecule has 0 radical (unpaired) electrons. The number of aromatic amines is 1. The highest BCUT2D eigenvalue weighted by Gasteiger charge is 2.28. The summed E-state index contributed by atoms with van der Waals surface area (Å²) in [6, 6.07) is 20.9. The maximum atomic E-state index is 14.1. The van der Waals surface area contributed by atoms with Crippen LogP contribution in [0, 0.1) is 28.8 Å². The van der Waals surface area contributed by atoms with Gasteiger partial charge >= 0.3 is 0 Å². The van der Waals surface area contributed by atoms with Crippen LogP contribution in [-0.4, -0.2) is 54.3 Å². The van der Waals surface area contributed by atoms with Gasteiger partial charge in [-0.2, -0.15) is 5.26 Å². The quantitative estimate of drug-likeness (QED) is 0.184. The van der Waals surface area contributed by atoms with E-state index in [1.807, 2.05) is 6.07 Å². The molecule has 2 N–H and O–H groups in total. The lowest BCUT2D eigenvalue weighted by Gasteiger charge is -2.27. The molecule has 0 saturated carbocycles. The number of rotatable bonds is 12. The first-order valence-electron chi connectivity index (χ1n) is 15.2. The van der Waals surface area contributed by atoms with Gasteiger partial charge in [-0.15, -0.1) is 0 Å². The molecule has 9 nitrogen and oxygen atoms in total. The zero-order valence-electron chi connectivity index (χ0n) is 26.7. The molecular weight excluding hydrogens is 635 g/mol. The maximum absolute atomic E-state index is 14.1. The fraction of sp³-hybridized carbons (Fsp3) is 0.189. The van der Waals surface area contributed by atoms with Crippen LogP contribution in [0.2, 0.25) is 0 Å². The number of carbonyl (C=O) groups excluding carboxylic acids is 3. The van der Waals surface area contributed by atoms with Crippen molar-refractivity contribution in [2.75, 3.05) is 25.6 Å². The molecule has 0 bridgehead atoms. The Bertz CT molecular complexity index is 2000. The predicted octanol–water partition coefficient (Wildman–Crippen LogP) is 5.43. The van der Waals surface area contributed by atoms with Crippen LogP contribution >= 0.6 is 0 Å². The molecule has 250 valence electrons. The molecule has 49 heavy (non-hydrogen) atoms. The van der Waals surface area contributed by atoms with Gasteiger partial charge in [0.15, 0.2) is 0 Å². The van der Waals surface area contributed by atoms with Gasteiger partial charge in [0, 0.05) is 48.9 Å². The van der Waals surface area contributed by atoms with Gasteiger partial charge in [-0.05, 0) is 83.4 Å². The molecular formula is C37H32F3N5O4. The molecule has 0 fully saturated rings. The molecule has 1 unspecified atom stereocenters. The second-order valence-electron chi connectivity index (χ2n) is 11.4. The van der Waals surface area contributed by atoms with Crippen molar-refractivity contribution in [2.24, 2.45) is 0 Å². The Kier molecular flexibility index (Phi) is 10.6. The van der Waals surface area contributed by atoms with Crippen molar-refractivity contribution in [3.8, 4) is 11.8 Å². The largest absolute Gasteiger partial charge is 0.497 e. The molecule has 1 aromatic heterocycles. The topological polar surface area (TPSA) is 119 Å². The number of halogens is 3. The van der Waals surface area contributed by atoms with Crippen LogP contribution in [0.25, 0.3) is 10.9 Å². The summed E-state index contributed by atoms with van der Waals surface area (Å²) in [5.41, 5.74) is 2.81. The number of hydrogen-bond donors (Lipinski definition) is 2. The van der Waals surface area contributed by atoms with E-state index >= 15 is 0 Å². The zero-order chi connectivity index (χ0) is 35.1. The van der Waals surface area contributed by atoms with Crippen molar-refractivity contribution in [2.45, 2.75) is 25.4 Å². The molecule has 1 atom stereocenters. The van der Waals surface area contributed by atoms with E-state index in [1.165, 1.54) is 36.1 Å². The number of methoxy groups -OCH3 is 1. The SMILES string of the molecule is COc1ccc(N(C)C(=O)C(Cc2cc(F)cc(F)c2)NC(=O)CN(Cc2ccc(C#N)cc2)C(=O)Cc2c[nH]c3ccc(F)cc23)cc1. The van der Waals surface area contributed by atoms with Crippen molar-refractivity contribution in [1.29, 1.82) is 5.26 Å². The average molecular weight is 668 g/mol. The molecule has 0 saturated heterocycles. The van der Waals surface area contributed by atoms with Crippen LogP contribution in [0.3, 0.4) is 0 Å². The number of hydrogen-bond acceptors (Lipinski definition) is 5. The van der Waals surface area contributed by atoms with E-state index < -0.39 is 47.8 Å². The predicted molar refractivity (Wildman–Crippen MR) is 177 cm³/mol. The van der Waals surface area contributed by atoms with E-state index in [1.54, 1.807) is 60.8 Å². The van der Waals surface area contributed by atoms with Crippen LogP contribution in [0.15, 0.2) is 91.1 Å². The Morgan fingerprint density at radius 2 is 1.59 bits per heavy atom. The third-order valence-corrected chi connectivity index (χ3v) is 8.00. The normalized spacial score (nSPS) is 11.4. The van der Waals surface area contributed by atoms with Gasteiger partial charge in [0.2, 0.25) is 17.7 Å². The second-order valence-corrected chi connectivity index (χ2v) is 11.4. The number of carbonyl (C=O) groups is 3. The number of H-pyrrole nitrogens is 1. The summed E-state index contributed by atoms with van der Waals surface area (Å²) >= 11 is 0. The van der Waals surface area contributed by atoms with E-state index in [4.69, 9.17) is 4.74 Å². The fourth-order valence-electron chi connectivity index (χ4n) is 5.45. The van der Waals surface area contributed by atoms with E-state index in [-0.39, 0.29) is 24.9 Å². The van der Waals surface area contributed by atoms with Crippen LogP contribution < -0.4 is 15.0 Å². The summed E-state index contributed by atoms with van der Waals surface area (Å²) in [5.74, 6) is -3.33. The Morgan fingerprint density at radius 3 is 2.24 bits per heavy atom. The van der Waals surface area contributed by atoms with E-state index in [2.05, 4.69) is 10.3 Å². The standard InChI is InChI=1S/C37H32F3N5O4/c1-44(30-8-10-31(49-2)11-9-30)37(48)34(15-25-13-28(39)17-29(40)14-25)43-35(46)22-45(21-24-5-3-23(19-41)4-6-24)36(47)16-26-20-42-33-12-7-27(38)18-32(26)33/h3-14,17-18,20,34,42H,15-16,21-22H2,1-2H3,(H,43,46). The number of nitrogens with one attached hydrogen (secondary N) is 2. The molecule has 12 heteroatoms. The van der Waals surface area contributed by atoms with Gasteiger partial charge in [0.25, 0.3) is 0 Å². The summed E-state index contributed by atoms with van der Waals surface area (Å²) in [7, 11) is 3.00. The number of nitrogens with zero attached hydrogens (tertiary/aromatic N) is 3. The third-order valence-electron chi connectivity index (χ3n) is 8.00. The average Bonchev–Trinajstić information content (AvgIpc) is 3.48. The summed E-state index contributed by atoms with van der Waals surface area (Å²) in [6.07, 6.45) is 1.19. The molecule has 5 rings (SSSR count). The maximum Gasteiger partial charge on any atom is 0.249 e. The minimum Gasteiger partial charge on any atom is -0.497 e. The van der Waals surface area contributed by atoms with Gasteiger partial charge in [-0.25, -0.2) is 13.2 Å². The van der Waals surface area contributed by atoms with Crippen molar-refractivity contribution in [3.63, 3.8) is 0 Å². The molecule has 4 aromatic carbocycles. The summed E-state index contributed by atoms with van der Waals surface area (Å²) in [5, 5.41) is 12.4. The van der Waals surface area contributed by atoms with Gasteiger partial charge in [-0.3, -0.25) is 14.4 Å². The highest BCUT2D eigenvalue weighted by molar-refractivity contribution is 5.99. The number of fused-ring (bicyclic) bond motifs is 1. The first kappa shape index (κ1) is 34.3. The summed E-state index contributed by atoms with van der Waals surface area (Å²) in [4.78, 5) is 46.8. The van der Waals surface area contributed by atoms with Crippen LogP contribution in [0.4, 0.5) is 18.9 Å². The van der Waals surface area contributed by atoms with E-state index in [0.29, 0.717) is 45.1 Å². The number of amides is 3. The van der Waals surface area contributed by atoms with Gasteiger partial charge < -0.3 is 24.8 Å². The Morgan fingerprint density at radius 1 is 0.898 bits per heavy atom. The monoisotopic (exact) mass is 667 g/mol. The van der Waals surface area contributed by atoms with Crippen molar-refractivity contribution < 1.29 is 32.3 Å². The molecule has 3 amide bonds. The number of benzene rings is 4. The Hall–Kier alpha value is -6.09. The Balaban J connectivity index is 1.40. The van der Waals surface area contributed by atoms with Crippen LogP contribution in [-0.2, 0) is 33.8 Å². The fourth-order valence-corrected chi connectivity index (χ4v) is 5.45. The highest BCUT2D eigenvalue weighted by Crippen LogP contribution is 2.22. The lowest BCUT2D eigenvalue weighted by atomic mass is 10.0. The highest BCUT2D eigenvalue weighted by atomic mass is 19.1. The Labute approximate surface area is 280 Å². The van der Waals surface area contributed by atoms with Crippen molar-refractivity contribution >= 4 is 34.3 Å². The smallest absolute Gasteiger partial charge is 0.249 e. The minimum atomic E-state index is -1.27. The van der Waals surface area contributed by atoms with Gasteiger partial charge in [0.1, 0.15) is 29.2 Å². The molecule has 0 aliphatic carbocycles. The molecule has 5 aromatic rings. The number of anilines is 1. The number of nitriles is 1. The lowest BCUT2D eigenvalue weighted by Crippen LogP contribution is -2.51. The van der Waals surface area contributed by atoms with Crippen molar-refractivity contribution in [1.82, 2.24) is 15.2 Å². The van der Waals surface area contributed by atoms with E-state index in [9.17, 15) is 32.8 Å². The number of ether oxygens (including phenoxy) is 1. The van der Waals surface area contributed by atoms with Gasteiger partial charge in [0.05, 0.1) is 31.7 Å². The van der Waals surface area contributed by atoms with E-state index in [0.717, 1.165) is 12.1 Å². The lowest BCUT2D eigenvalue weighted by molar-refractivity contribution is -0.136. The summed E-state index contributed by atoms with van der Waals surface area (Å²) < 4.78 is 47.4. The molecule has 1 heterocycles. The number of likely N-dealkylation sites (N-methyl/N-ethyl adjacent to an activating group) is 1. The minimum absolute atomic E-state index is 0.0197. The molecule has 0 aliphatic heterocycles. The third kappa shape index (κ3) is 8.64. The van der Waals surface area contributed by atoms with Crippen molar-refractivity contribution in [3.05, 3.63) is 131 Å². The molecule has 0 aliphatic rings. The zero-order valence-corrected chi connectivity index (χ0v) is 26.7. The first-order valence-corrected chi connectivity index (χ1v) is 15.2. The van der Waals surface area contributed by atoms with Crippen LogP contribution in [0.1, 0.15) is 22.3 Å². The van der Waals surface area contributed by atoms with Crippen LogP contribution in [0.5, 0.6) is 5.75 Å². The molecule has 0 spiro atoms. The number of aromatic nitrogens is 1. The van der Waals surface area contributed by atoms with Gasteiger partial charge in [-0.1, -0.05) is 12.1 Å².